The van der Waals surface area contributed by atoms with Crippen LogP contribution in [0.25, 0.3) is 11.0 Å². The quantitative estimate of drug-likeness (QED) is 0.658. The maximum absolute atomic E-state index is 11.5. The molecule has 2 rings (SSSR count). The van der Waals surface area contributed by atoms with Crippen LogP contribution in [0.1, 0.15) is 25.2 Å². The Morgan fingerprint density at radius 3 is 2.40 bits per heavy atom. The zero-order chi connectivity index (χ0) is 11.4. The molecule has 0 N–H and O–H groups in total. The van der Waals surface area contributed by atoms with Crippen molar-refractivity contribution in [1.29, 1.82) is 0 Å². The molecule has 15 heavy (non-hydrogen) atoms. The first-order chi connectivity index (χ1) is 7.16. The Bertz CT molecular complexity index is 509. The third-order valence-electron chi connectivity index (χ3n) is 2.01. The number of hydrogen-bond acceptors (Lipinski definition) is 2. The van der Waals surface area contributed by atoms with Crippen molar-refractivity contribution in [3.8, 4) is 0 Å². The molecular formula is C13H16O2. The van der Waals surface area contributed by atoms with Crippen LogP contribution in [0.2, 0.25) is 0 Å². The Morgan fingerprint density at radius 1 is 1.07 bits per heavy atom. The van der Waals surface area contributed by atoms with Gasteiger partial charge in [-0.3, -0.25) is 4.79 Å². The fourth-order valence-corrected chi connectivity index (χ4v) is 1.39. The lowest BCUT2D eigenvalue weighted by Gasteiger charge is -1.98. The van der Waals surface area contributed by atoms with Crippen LogP contribution in [0.4, 0.5) is 0 Å². The number of fused-ring (bicyclic) bond motifs is 1. The van der Waals surface area contributed by atoms with Gasteiger partial charge in [-0.15, -0.1) is 0 Å². The van der Waals surface area contributed by atoms with Crippen molar-refractivity contribution in [2.24, 2.45) is 0 Å². The molecular weight excluding hydrogens is 188 g/mol. The Morgan fingerprint density at radius 2 is 1.73 bits per heavy atom. The second kappa shape index (κ2) is 4.78. The van der Waals surface area contributed by atoms with E-state index in [-0.39, 0.29) is 5.43 Å². The van der Waals surface area contributed by atoms with E-state index in [9.17, 15) is 4.79 Å². The summed E-state index contributed by atoms with van der Waals surface area (Å²) in [7, 11) is 0. The number of rotatable bonds is 0. The Balaban J connectivity index is 0.000000531. The van der Waals surface area contributed by atoms with Gasteiger partial charge >= 0.3 is 0 Å². The SMILES string of the molecule is CC.Cc1ccc2oc(C)cc(=O)c2c1. The minimum Gasteiger partial charge on any atom is -0.461 e. The molecule has 0 unspecified atom stereocenters. The number of benzene rings is 1. The molecule has 0 radical (unpaired) electrons. The van der Waals surface area contributed by atoms with E-state index in [1.807, 2.05) is 39.0 Å². The normalized spacial score (nSPS) is 9.60. The van der Waals surface area contributed by atoms with E-state index in [1.165, 1.54) is 6.07 Å². The summed E-state index contributed by atoms with van der Waals surface area (Å²) in [5.74, 6) is 0.654. The van der Waals surface area contributed by atoms with Crippen molar-refractivity contribution < 1.29 is 4.42 Å². The molecule has 0 aliphatic rings. The van der Waals surface area contributed by atoms with Crippen LogP contribution in [0.5, 0.6) is 0 Å². The van der Waals surface area contributed by atoms with Gasteiger partial charge in [-0.25, -0.2) is 0 Å². The first-order valence-corrected chi connectivity index (χ1v) is 5.18. The van der Waals surface area contributed by atoms with Crippen LogP contribution in [-0.4, -0.2) is 0 Å². The van der Waals surface area contributed by atoms with Crippen LogP contribution >= 0.6 is 0 Å². The minimum absolute atomic E-state index is 0.0300. The highest BCUT2D eigenvalue weighted by Gasteiger charge is 2.01. The average molecular weight is 204 g/mol. The smallest absolute Gasteiger partial charge is 0.192 e. The van der Waals surface area contributed by atoms with E-state index in [0.29, 0.717) is 16.7 Å². The summed E-state index contributed by atoms with van der Waals surface area (Å²) < 4.78 is 5.40. The standard InChI is InChI=1S/C11H10O2.C2H6/c1-7-3-4-11-9(5-7)10(12)6-8(2)13-11;1-2/h3-6H,1-2H3;1-2H3. The molecule has 2 aromatic rings. The number of hydrogen-bond donors (Lipinski definition) is 0. The second-order valence-electron chi connectivity index (χ2n) is 3.22. The zero-order valence-corrected chi connectivity index (χ0v) is 9.63. The predicted molar refractivity (Wildman–Crippen MR) is 63.3 cm³/mol. The summed E-state index contributed by atoms with van der Waals surface area (Å²) in [6, 6.07) is 7.13. The first-order valence-electron chi connectivity index (χ1n) is 5.18. The van der Waals surface area contributed by atoms with Crippen molar-refractivity contribution in [2.75, 3.05) is 0 Å². The molecule has 0 spiro atoms. The molecule has 1 heterocycles. The third kappa shape index (κ3) is 2.46. The summed E-state index contributed by atoms with van der Waals surface area (Å²) in [5.41, 5.74) is 1.77. The van der Waals surface area contributed by atoms with Gasteiger partial charge in [0.1, 0.15) is 11.3 Å². The van der Waals surface area contributed by atoms with E-state index >= 15 is 0 Å². The van der Waals surface area contributed by atoms with Crippen molar-refractivity contribution >= 4 is 11.0 Å². The largest absolute Gasteiger partial charge is 0.461 e. The van der Waals surface area contributed by atoms with Gasteiger partial charge in [-0.05, 0) is 26.0 Å². The highest BCUT2D eigenvalue weighted by Crippen LogP contribution is 2.13. The third-order valence-corrected chi connectivity index (χ3v) is 2.01. The molecule has 80 valence electrons. The molecule has 0 saturated heterocycles. The lowest BCUT2D eigenvalue weighted by Crippen LogP contribution is -2.00. The van der Waals surface area contributed by atoms with E-state index in [2.05, 4.69) is 0 Å². The molecule has 0 aliphatic carbocycles. The molecule has 1 aromatic heterocycles. The summed E-state index contributed by atoms with van der Waals surface area (Å²) in [5, 5.41) is 0.658. The van der Waals surface area contributed by atoms with Gasteiger partial charge in [0.15, 0.2) is 5.43 Å². The second-order valence-corrected chi connectivity index (χ2v) is 3.22. The highest BCUT2D eigenvalue weighted by atomic mass is 16.3. The molecule has 0 fully saturated rings. The molecule has 1 aromatic carbocycles. The highest BCUT2D eigenvalue weighted by molar-refractivity contribution is 5.77. The van der Waals surface area contributed by atoms with Crippen molar-refractivity contribution in [2.45, 2.75) is 27.7 Å². The molecule has 2 nitrogen and oxygen atoms in total. The van der Waals surface area contributed by atoms with E-state index in [1.54, 1.807) is 6.92 Å². The van der Waals surface area contributed by atoms with E-state index in [0.717, 1.165) is 5.56 Å². The van der Waals surface area contributed by atoms with E-state index in [4.69, 9.17) is 4.42 Å². The summed E-state index contributed by atoms with van der Waals surface area (Å²) >= 11 is 0. The maximum atomic E-state index is 11.5. The van der Waals surface area contributed by atoms with Crippen LogP contribution in [0.15, 0.2) is 33.5 Å². The van der Waals surface area contributed by atoms with Crippen molar-refractivity contribution in [3.05, 3.63) is 45.8 Å². The Hall–Kier alpha value is -1.57. The summed E-state index contributed by atoms with van der Waals surface area (Å²) in [4.78, 5) is 11.5. The molecule has 0 atom stereocenters. The summed E-state index contributed by atoms with van der Waals surface area (Å²) in [6.07, 6.45) is 0. The molecule has 0 bridgehead atoms. The minimum atomic E-state index is 0.0300. The van der Waals surface area contributed by atoms with Crippen LogP contribution in [-0.2, 0) is 0 Å². The van der Waals surface area contributed by atoms with Crippen molar-refractivity contribution in [1.82, 2.24) is 0 Å². The predicted octanol–water partition coefficient (Wildman–Crippen LogP) is 3.44. The monoisotopic (exact) mass is 204 g/mol. The summed E-state index contributed by atoms with van der Waals surface area (Å²) in [6.45, 7) is 7.74. The molecule has 0 aliphatic heterocycles. The average Bonchev–Trinajstić information content (AvgIpc) is 2.22. The van der Waals surface area contributed by atoms with Gasteiger partial charge in [-0.1, -0.05) is 25.5 Å². The first kappa shape index (κ1) is 11.5. The molecule has 0 saturated carbocycles. The zero-order valence-electron chi connectivity index (χ0n) is 9.63. The fraction of sp³-hybridized carbons (Fsp3) is 0.308. The topological polar surface area (TPSA) is 30.2 Å². The molecule has 2 heteroatoms. The van der Waals surface area contributed by atoms with Gasteiger partial charge < -0.3 is 4.42 Å². The maximum Gasteiger partial charge on any atom is 0.192 e. The van der Waals surface area contributed by atoms with Crippen LogP contribution < -0.4 is 5.43 Å². The van der Waals surface area contributed by atoms with Crippen molar-refractivity contribution in [3.63, 3.8) is 0 Å². The van der Waals surface area contributed by atoms with Crippen LogP contribution in [0.3, 0.4) is 0 Å². The molecule has 0 amide bonds. The fourth-order valence-electron chi connectivity index (χ4n) is 1.39. The van der Waals surface area contributed by atoms with Gasteiger partial charge in [0.2, 0.25) is 0 Å². The lowest BCUT2D eigenvalue weighted by atomic mass is 10.1. The Labute approximate surface area is 89.5 Å². The lowest BCUT2D eigenvalue weighted by molar-refractivity contribution is 0.564. The van der Waals surface area contributed by atoms with E-state index < -0.39 is 0 Å². The van der Waals surface area contributed by atoms with Gasteiger partial charge in [0.25, 0.3) is 0 Å². The van der Waals surface area contributed by atoms with Gasteiger partial charge in [0.05, 0.1) is 5.39 Å². The van der Waals surface area contributed by atoms with Crippen LogP contribution in [0, 0.1) is 13.8 Å². The van der Waals surface area contributed by atoms with Gasteiger partial charge in [0, 0.05) is 6.07 Å². The Kier molecular flexibility index (Phi) is 3.67. The number of aryl methyl sites for hydroxylation is 2. The van der Waals surface area contributed by atoms with Gasteiger partial charge in [-0.2, -0.15) is 0 Å².